The van der Waals surface area contributed by atoms with Gasteiger partial charge in [-0.3, -0.25) is 0 Å². The molecule has 4 nitrogen and oxygen atoms in total. The van der Waals surface area contributed by atoms with E-state index in [2.05, 4.69) is 0 Å². The molecule has 0 radical (unpaired) electrons. The number of carboxylic acid groups (broad SMARTS) is 1. The Bertz CT molecular complexity index is 1150. The Balaban J connectivity index is 1.69. The van der Waals surface area contributed by atoms with E-state index < -0.39 is 24.3 Å². The lowest BCUT2D eigenvalue weighted by Crippen LogP contribution is -2.20. The van der Waals surface area contributed by atoms with Crippen LogP contribution in [-0.2, 0) is 11.0 Å². The number of thioether (sulfide) groups is 1. The third-order valence-electron chi connectivity index (χ3n) is 4.69. The van der Waals surface area contributed by atoms with Crippen LogP contribution in [0.2, 0.25) is 5.02 Å². The first-order chi connectivity index (χ1) is 16.1. The fourth-order valence-corrected chi connectivity index (χ4v) is 7.16. The van der Waals surface area contributed by atoms with Gasteiger partial charge in [-0.05, 0) is 67.3 Å². The number of carboxylic acids is 1. The largest absolute Gasteiger partial charge is 0.482 e. The highest BCUT2D eigenvalue weighted by molar-refractivity contribution is 8.00. The second-order valence-electron chi connectivity index (χ2n) is 7.38. The molecule has 0 saturated heterocycles. The SMILES string of the molecule is CCCN(CCSc1ccc(OCC(=O)O)c(C)c1)Sc1sc2ccc(Cl)cc2c1C(F)(F)F. The van der Waals surface area contributed by atoms with Gasteiger partial charge in [0, 0.05) is 38.8 Å². The van der Waals surface area contributed by atoms with E-state index in [1.54, 1.807) is 30.0 Å². The van der Waals surface area contributed by atoms with Crippen molar-refractivity contribution in [2.45, 2.75) is 35.5 Å². The number of aliphatic carboxylic acids is 1. The maximum atomic E-state index is 13.9. The molecule has 184 valence electrons. The second-order valence-corrected chi connectivity index (χ2v) is 11.4. The third kappa shape index (κ3) is 7.21. The first-order valence-electron chi connectivity index (χ1n) is 10.4. The molecule has 3 rings (SSSR count). The lowest BCUT2D eigenvalue weighted by atomic mass is 10.2. The highest BCUT2D eigenvalue weighted by Crippen LogP contribution is 2.48. The Morgan fingerprint density at radius 1 is 1.21 bits per heavy atom. The van der Waals surface area contributed by atoms with Crippen molar-refractivity contribution in [3.8, 4) is 5.75 Å². The Labute approximate surface area is 213 Å². The van der Waals surface area contributed by atoms with Gasteiger partial charge in [-0.1, -0.05) is 18.5 Å². The van der Waals surface area contributed by atoms with Crippen LogP contribution in [0, 0.1) is 6.92 Å². The van der Waals surface area contributed by atoms with Gasteiger partial charge in [-0.25, -0.2) is 9.10 Å². The molecule has 34 heavy (non-hydrogen) atoms. The van der Waals surface area contributed by atoms with Crippen molar-refractivity contribution in [3.05, 3.63) is 52.5 Å². The smallest absolute Gasteiger partial charge is 0.418 e. The van der Waals surface area contributed by atoms with Crippen LogP contribution in [0.15, 0.2) is 45.5 Å². The number of alkyl halides is 3. The van der Waals surface area contributed by atoms with E-state index in [9.17, 15) is 18.0 Å². The molecule has 0 saturated carbocycles. The van der Waals surface area contributed by atoms with Gasteiger partial charge < -0.3 is 9.84 Å². The van der Waals surface area contributed by atoms with Gasteiger partial charge in [0.1, 0.15) is 5.75 Å². The lowest BCUT2D eigenvalue weighted by Gasteiger charge is -2.20. The average molecular weight is 550 g/mol. The summed E-state index contributed by atoms with van der Waals surface area (Å²) in [5.41, 5.74) is 0.200. The van der Waals surface area contributed by atoms with E-state index in [1.807, 2.05) is 30.3 Å². The quantitative estimate of drug-likeness (QED) is 0.194. The van der Waals surface area contributed by atoms with Gasteiger partial charge in [-0.2, -0.15) is 13.2 Å². The monoisotopic (exact) mass is 549 g/mol. The Kier molecular flexibility index (Phi) is 9.45. The summed E-state index contributed by atoms with van der Waals surface area (Å²) in [6.45, 7) is 4.67. The zero-order valence-electron chi connectivity index (χ0n) is 18.4. The molecular weight excluding hydrogens is 527 g/mol. The van der Waals surface area contributed by atoms with Crippen LogP contribution < -0.4 is 4.74 Å². The summed E-state index contributed by atoms with van der Waals surface area (Å²) in [7, 11) is 0. The third-order valence-corrected chi connectivity index (χ3v) is 8.33. The summed E-state index contributed by atoms with van der Waals surface area (Å²) in [5, 5.41) is 9.17. The van der Waals surface area contributed by atoms with Crippen LogP contribution in [0.25, 0.3) is 10.1 Å². The van der Waals surface area contributed by atoms with Crippen molar-refractivity contribution in [3.63, 3.8) is 0 Å². The first kappa shape index (κ1) is 27.0. The zero-order valence-corrected chi connectivity index (χ0v) is 21.7. The summed E-state index contributed by atoms with van der Waals surface area (Å²) in [6, 6.07) is 10.1. The van der Waals surface area contributed by atoms with Crippen LogP contribution in [0.5, 0.6) is 5.75 Å². The van der Waals surface area contributed by atoms with Gasteiger partial charge in [-0.15, -0.1) is 23.1 Å². The van der Waals surface area contributed by atoms with Crippen molar-refractivity contribution >= 4 is 62.7 Å². The summed E-state index contributed by atoms with van der Waals surface area (Å²) in [6.07, 6.45) is -3.66. The number of benzene rings is 2. The van der Waals surface area contributed by atoms with E-state index in [1.165, 1.54) is 6.07 Å². The topological polar surface area (TPSA) is 49.8 Å². The summed E-state index contributed by atoms with van der Waals surface area (Å²) < 4.78 is 49.7. The lowest BCUT2D eigenvalue weighted by molar-refractivity contribution is -0.139. The van der Waals surface area contributed by atoms with Crippen LogP contribution in [-0.4, -0.2) is 40.8 Å². The molecular formula is C23H23ClF3NO3S3. The number of nitrogens with zero attached hydrogens (tertiary/aromatic N) is 1. The molecule has 0 atom stereocenters. The second kappa shape index (κ2) is 11.9. The number of carbonyl (C=O) groups is 1. The molecule has 1 heterocycles. The summed E-state index contributed by atoms with van der Waals surface area (Å²) >= 11 is 9.84. The minimum atomic E-state index is -4.47. The van der Waals surface area contributed by atoms with Crippen LogP contribution in [0.1, 0.15) is 24.5 Å². The number of ether oxygens (including phenoxy) is 1. The number of fused-ring (bicyclic) bond motifs is 1. The Morgan fingerprint density at radius 3 is 2.62 bits per heavy atom. The van der Waals surface area contributed by atoms with Gasteiger partial charge in [0.05, 0.1) is 9.77 Å². The van der Waals surface area contributed by atoms with Crippen molar-refractivity contribution < 1.29 is 27.8 Å². The number of hydrogen-bond acceptors (Lipinski definition) is 6. The predicted molar refractivity (Wildman–Crippen MR) is 135 cm³/mol. The fourth-order valence-electron chi connectivity index (χ4n) is 3.23. The molecule has 0 aliphatic rings. The normalized spacial score (nSPS) is 12.0. The van der Waals surface area contributed by atoms with Gasteiger partial charge in [0.2, 0.25) is 0 Å². The standard InChI is InChI=1S/C23H23ClF3NO3S3/c1-3-8-28(9-10-32-16-5-6-18(14(2)11-16)31-13-20(29)30)34-22-21(23(25,26)27)17-12-15(24)4-7-19(17)33-22/h4-7,11-12H,3,8-10,13H2,1-2H3,(H,29,30). The number of aryl methyl sites for hydroxylation is 1. The van der Waals surface area contributed by atoms with Gasteiger partial charge in [0.25, 0.3) is 0 Å². The number of rotatable bonds is 11. The number of thiophene rings is 1. The summed E-state index contributed by atoms with van der Waals surface area (Å²) in [5.74, 6) is 0.154. The zero-order chi connectivity index (χ0) is 24.9. The molecule has 3 aromatic rings. The average Bonchev–Trinajstić information content (AvgIpc) is 3.10. The minimum absolute atomic E-state index is 0.138. The molecule has 0 aliphatic carbocycles. The predicted octanol–water partition coefficient (Wildman–Crippen LogP) is 7.86. The molecule has 0 fully saturated rings. The number of hydrogen-bond donors (Lipinski definition) is 1. The fraction of sp³-hybridized carbons (Fsp3) is 0.348. The Hall–Kier alpha value is -1.59. The first-order valence-corrected chi connectivity index (χ1v) is 13.3. The van der Waals surface area contributed by atoms with E-state index in [0.29, 0.717) is 29.3 Å². The molecule has 2 aromatic carbocycles. The Morgan fingerprint density at radius 2 is 1.97 bits per heavy atom. The molecule has 1 aromatic heterocycles. The molecule has 0 aliphatic heterocycles. The maximum Gasteiger partial charge on any atom is 0.418 e. The highest BCUT2D eigenvalue weighted by atomic mass is 35.5. The van der Waals surface area contributed by atoms with Gasteiger partial charge >= 0.3 is 12.1 Å². The molecule has 0 unspecified atom stereocenters. The van der Waals surface area contributed by atoms with Crippen LogP contribution in [0.4, 0.5) is 13.2 Å². The molecule has 0 spiro atoms. The van der Waals surface area contributed by atoms with Crippen molar-refractivity contribution in [2.24, 2.45) is 0 Å². The van der Waals surface area contributed by atoms with Gasteiger partial charge in [0.15, 0.2) is 6.61 Å². The van der Waals surface area contributed by atoms with E-state index in [4.69, 9.17) is 21.4 Å². The minimum Gasteiger partial charge on any atom is -0.482 e. The maximum absolute atomic E-state index is 13.9. The molecule has 0 amide bonds. The highest BCUT2D eigenvalue weighted by Gasteiger charge is 2.38. The van der Waals surface area contributed by atoms with E-state index in [-0.39, 0.29) is 14.6 Å². The van der Waals surface area contributed by atoms with Crippen molar-refractivity contribution in [2.75, 3.05) is 25.4 Å². The van der Waals surface area contributed by atoms with Crippen molar-refractivity contribution in [1.82, 2.24) is 4.31 Å². The van der Waals surface area contributed by atoms with Crippen LogP contribution >= 0.6 is 46.6 Å². The molecule has 1 N–H and O–H groups in total. The number of halogens is 4. The van der Waals surface area contributed by atoms with Crippen molar-refractivity contribution in [1.29, 1.82) is 0 Å². The molecule has 11 heteroatoms. The summed E-state index contributed by atoms with van der Waals surface area (Å²) in [4.78, 5) is 11.7. The van der Waals surface area contributed by atoms with Crippen LogP contribution in [0.3, 0.4) is 0 Å². The van der Waals surface area contributed by atoms with E-state index in [0.717, 1.165) is 40.2 Å². The van der Waals surface area contributed by atoms with E-state index >= 15 is 0 Å². The molecule has 0 bridgehead atoms.